The first kappa shape index (κ1) is 33.9. The Balaban J connectivity index is 0.00000147. The Labute approximate surface area is 282 Å². The van der Waals surface area contributed by atoms with E-state index in [1.54, 1.807) is 27.1 Å². The van der Waals surface area contributed by atoms with Crippen molar-refractivity contribution < 1.29 is 26.2 Å². The first-order valence-corrected chi connectivity index (χ1v) is 17.7. The van der Waals surface area contributed by atoms with E-state index in [4.69, 9.17) is 0 Å². The molecular formula is C34H38Cl2S2SiZr-. The number of rotatable bonds is 4. The molecule has 2 heterocycles. The molecule has 2 aromatic carbocycles. The molecule has 1 aromatic heterocycles. The van der Waals surface area contributed by atoms with Crippen molar-refractivity contribution in [3.8, 4) is 11.1 Å². The van der Waals surface area contributed by atoms with Crippen LogP contribution in [0.1, 0.15) is 68.5 Å². The largest absolute Gasteiger partial charge is 0.240 e. The number of fused-ring (bicyclic) bond motifs is 3. The molecule has 0 fully saturated rings. The first-order valence-electron chi connectivity index (χ1n) is 13.5. The summed E-state index contributed by atoms with van der Waals surface area (Å²) in [6.07, 6.45) is 7.50. The van der Waals surface area contributed by atoms with E-state index in [2.05, 4.69) is 109 Å². The van der Waals surface area contributed by atoms with E-state index in [0.29, 0.717) is 11.2 Å². The Morgan fingerprint density at radius 1 is 0.950 bits per heavy atom. The van der Waals surface area contributed by atoms with E-state index in [0.717, 1.165) is 6.42 Å². The Bertz CT molecular complexity index is 1620. The maximum absolute atomic E-state index is 3.91. The smallest absolute Gasteiger partial charge is 0.0592 e. The van der Waals surface area contributed by atoms with Crippen LogP contribution >= 0.6 is 47.9 Å². The average molecular weight is 701 g/mol. The number of hydrogen-bond donors (Lipinski definition) is 0. The topological polar surface area (TPSA) is 0 Å². The van der Waals surface area contributed by atoms with E-state index >= 15 is 0 Å². The van der Waals surface area contributed by atoms with Gasteiger partial charge in [0, 0.05) is 32.1 Å². The van der Waals surface area contributed by atoms with Crippen LogP contribution in [-0.4, -0.2) is 14.0 Å². The van der Waals surface area contributed by atoms with Crippen molar-refractivity contribution in [1.29, 1.82) is 0 Å². The Morgan fingerprint density at radius 2 is 1.62 bits per heavy atom. The molecule has 2 aliphatic carbocycles. The van der Waals surface area contributed by atoms with Crippen LogP contribution in [0, 0.1) is 6.92 Å². The van der Waals surface area contributed by atoms with Crippen LogP contribution in [0.3, 0.4) is 0 Å². The molecule has 0 amide bonds. The fraction of sp³-hybridized carbons (Fsp3) is 0.353. The van der Waals surface area contributed by atoms with Gasteiger partial charge >= 0.3 is 0 Å². The van der Waals surface area contributed by atoms with Crippen LogP contribution < -0.4 is 14.9 Å². The SMILES string of the molecule is CCC1=Cc2c(-c3ccc(C(C)(C)C)cc3)cccc2C1C1=C(C)SC2[C-]=c3sc(C)c([Si](C)C)c3=C12.Cl.Cl.[Zr]. The fourth-order valence-corrected chi connectivity index (χ4v) is 11.1. The van der Waals surface area contributed by atoms with Crippen molar-refractivity contribution in [2.75, 3.05) is 0 Å². The second-order valence-corrected chi connectivity index (χ2v) is 16.9. The summed E-state index contributed by atoms with van der Waals surface area (Å²) in [4.78, 5) is 3.00. The minimum atomic E-state index is -0.556. The third kappa shape index (κ3) is 5.44. The third-order valence-corrected chi connectivity index (χ3v) is 12.3. The van der Waals surface area contributed by atoms with Gasteiger partial charge in [0.1, 0.15) is 0 Å². The molecule has 40 heavy (non-hydrogen) atoms. The molecule has 0 bridgehead atoms. The summed E-state index contributed by atoms with van der Waals surface area (Å²) in [6, 6.07) is 16.3. The third-order valence-electron chi connectivity index (χ3n) is 8.25. The van der Waals surface area contributed by atoms with Gasteiger partial charge in [-0.25, -0.2) is 6.08 Å². The number of benzene rings is 2. The molecule has 6 rings (SSSR count). The molecule has 0 spiro atoms. The van der Waals surface area contributed by atoms with Gasteiger partial charge < -0.3 is 0 Å². The van der Waals surface area contributed by atoms with Crippen molar-refractivity contribution in [1.82, 2.24) is 0 Å². The molecule has 0 saturated heterocycles. The summed E-state index contributed by atoms with van der Waals surface area (Å²) < 4.78 is 1.41. The summed E-state index contributed by atoms with van der Waals surface area (Å²) in [5.74, 6) is 0.353. The van der Waals surface area contributed by atoms with Gasteiger partial charge in [0.05, 0.1) is 8.80 Å². The molecule has 2 unspecified atom stereocenters. The van der Waals surface area contributed by atoms with Gasteiger partial charge in [0.25, 0.3) is 0 Å². The standard InChI is InChI=1S/C34H36S2Si.2ClH.Zr/c1-9-21-17-26-24(22-13-15-23(16-14-22)34(4,5)6)11-10-12-25(26)30(21)29-19(2)35-27-18-28-32(31(27)29)33(37(7)8)20(3)36-28;;;/h10-17,27,30H,9H2,1-8H3;2*1H;/q-1;;;. The van der Waals surface area contributed by atoms with Gasteiger partial charge in [-0.05, 0) is 74.1 Å². The normalized spacial score (nSPS) is 18.8. The predicted molar refractivity (Wildman–Crippen MR) is 182 cm³/mol. The van der Waals surface area contributed by atoms with Crippen LogP contribution in [0.15, 0.2) is 58.5 Å². The second kappa shape index (κ2) is 12.6. The Hall–Kier alpha value is -0.610. The molecule has 0 nitrogen and oxygen atoms in total. The van der Waals surface area contributed by atoms with E-state index in [-0.39, 0.29) is 56.4 Å². The molecule has 209 valence electrons. The van der Waals surface area contributed by atoms with Gasteiger partial charge in [-0.2, -0.15) is 16.6 Å². The number of aryl methyl sites for hydroxylation is 1. The minimum absolute atomic E-state index is 0. The van der Waals surface area contributed by atoms with Crippen LogP contribution in [0.2, 0.25) is 13.1 Å². The van der Waals surface area contributed by atoms with Gasteiger partial charge in [-0.15, -0.1) is 51.9 Å². The van der Waals surface area contributed by atoms with E-state index in [9.17, 15) is 0 Å². The summed E-state index contributed by atoms with van der Waals surface area (Å²) in [7, 11) is -0.556. The maximum atomic E-state index is 3.91. The van der Waals surface area contributed by atoms with Crippen molar-refractivity contribution in [2.24, 2.45) is 0 Å². The summed E-state index contributed by atoms with van der Waals surface area (Å²) in [5.41, 5.74) is 11.9. The van der Waals surface area contributed by atoms with Gasteiger partial charge in [-0.1, -0.05) is 94.9 Å². The van der Waals surface area contributed by atoms with Crippen molar-refractivity contribution in [3.05, 3.63) is 89.8 Å². The van der Waals surface area contributed by atoms with Gasteiger partial charge in [-0.3, -0.25) is 0 Å². The van der Waals surface area contributed by atoms with Crippen molar-refractivity contribution >= 4 is 79.6 Å². The summed E-state index contributed by atoms with van der Waals surface area (Å²) in [6.45, 7) is 18.8. The quantitative estimate of drug-likeness (QED) is 0.194. The number of thiophene rings is 1. The zero-order valence-corrected chi connectivity index (χ0v) is 31.3. The summed E-state index contributed by atoms with van der Waals surface area (Å²) >= 11 is 4.00. The first-order chi connectivity index (χ1) is 17.6. The maximum Gasteiger partial charge on any atom is 0.0592 e. The van der Waals surface area contributed by atoms with E-state index in [1.807, 2.05) is 23.1 Å². The zero-order valence-electron chi connectivity index (χ0n) is 24.6. The van der Waals surface area contributed by atoms with Crippen molar-refractivity contribution in [3.63, 3.8) is 0 Å². The molecule has 3 aromatic rings. The van der Waals surface area contributed by atoms with Crippen LogP contribution in [0.4, 0.5) is 0 Å². The molecular weight excluding hydrogens is 663 g/mol. The van der Waals surface area contributed by atoms with Crippen LogP contribution in [-0.2, 0) is 31.6 Å². The minimum Gasteiger partial charge on any atom is -0.240 e. The molecule has 0 N–H and O–H groups in total. The monoisotopic (exact) mass is 698 g/mol. The molecule has 0 saturated carbocycles. The second-order valence-electron chi connectivity index (χ2n) is 11.9. The molecule has 3 aliphatic rings. The summed E-state index contributed by atoms with van der Waals surface area (Å²) in [5, 5.41) is 3.58. The fourth-order valence-electron chi connectivity index (χ4n) is 6.49. The van der Waals surface area contributed by atoms with E-state index in [1.165, 1.54) is 42.1 Å². The Morgan fingerprint density at radius 3 is 2.23 bits per heavy atom. The molecule has 2 atom stereocenters. The molecule has 1 aliphatic heterocycles. The number of thioether (sulfide) groups is 1. The Kier molecular flexibility index (Phi) is 10.6. The number of allylic oxidation sites excluding steroid dienone is 3. The van der Waals surface area contributed by atoms with E-state index < -0.39 is 8.80 Å². The van der Waals surface area contributed by atoms with Gasteiger partial charge in [0.2, 0.25) is 0 Å². The van der Waals surface area contributed by atoms with Gasteiger partial charge in [0.15, 0.2) is 0 Å². The predicted octanol–water partition coefficient (Wildman–Crippen LogP) is 8.63. The van der Waals surface area contributed by atoms with Crippen molar-refractivity contribution in [2.45, 2.75) is 77.6 Å². The number of halogens is 2. The molecule has 1 radical (unpaired) electrons. The van der Waals surface area contributed by atoms with Crippen LogP contribution in [0.25, 0.3) is 28.9 Å². The molecule has 6 heteroatoms. The van der Waals surface area contributed by atoms with Crippen LogP contribution in [0.5, 0.6) is 0 Å². The zero-order chi connectivity index (χ0) is 26.2. The number of hydrogen-bond acceptors (Lipinski definition) is 2. The average Bonchev–Trinajstić information content (AvgIpc) is 3.55.